The number of carbonyl (C=O) groups is 1. The number of likely N-dealkylation sites (tertiary alicyclic amines) is 1. The van der Waals surface area contributed by atoms with Gasteiger partial charge in [0.05, 0.1) is 13.2 Å². The standard InChI is InChI=1S/C22H34N2O4/c1-15(2)24-12-10-19(11-13-24)28-21-14-16(4-9-20(21)27-3)22(26)23-17-5-7-18(25)8-6-17/h4,9,14-15,17-19,25H,5-8,10-13H2,1-3H3,(H,23,26). The van der Waals surface area contributed by atoms with Crippen LogP contribution in [0.15, 0.2) is 18.2 Å². The van der Waals surface area contributed by atoms with Crippen LogP contribution in [0.2, 0.25) is 0 Å². The van der Waals surface area contributed by atoms with Gasteiger partial charge in [-0.25, -0.2) is 0 Å². The summed E-state index contributed by atoms with van der Waals surface area (Å²) in [6.07, 6.45) is 5.00. The van der Waals surface area contributed by atoms with E-state index < -0.39 is 0 Å². The van der Waals surface area contributed by atoms with Crippen molar-refractivity contribution in [3.05, 3.63) is 23.8 Å². The van der Waals surface area contributed by atoms with E-state index in [0.29, 0.717) is 23.1 Å². The minimum Gasteiger partial charge on any atom is -0.493 e. The summed E-state index contributed by atoms with van der Waals surface area (Å²) in [7, 11) is 1.62. The number of ether oxygens (including phenoxy) is 2. The highest BCUT2D eigenvalue weighted by Crippen LogP contribution is 2.31. The van der Waals surface area contributed by atoms with Gasteiger partial charge in [-0.2, -0.15) is 0 Å². The van der Waals surface area contributed by atoms with Gasteiger partial charge in [-0.1, -0.05) is 0 Å². The number of nitrogens with zero attached hydrogens (tertiary/aromatic N) is 1. The van der Waals surface area contributed by atoms with Crippen molar-refractivity contribution in [3.8, 4) is 11.5 Å². The molecular weight excluding hydrogens is 356 g/mol. The molecule has 0 aromatic heterocycles. The first-order valence-electron chi connectivity index (χ1n) is 10.5. The zero-order valence-corrected chi connectivity index (χ0v) is 17.3. The minimum atomic E-state index is -0.226. The summed E-state index contributed by atoms with van der Waals surface area (Å²) in [6, 6.07) is 6.06. The fraction of sp³-hybridized carbons (Fsp3) is 0.682. The van der Waals surface area contributed by atoms with Crippen LogP contribution < -0.4 is 14.8 Å². The van der Waals surface area contributed by atoms with Gasteiger partial charge in [-0.3, -0.25) is 4.79 Å². The smallest absolute Gasteiger partial charge is 0.251 e. The zero-order valence-electron chi connectivity index (χ0n) is 17.3. The van der Waals surface area contributed by atoms with Crippen molar-refractivity contribution in [2.75, 3.05) is 20.2 Å². The Labute approximate surface area is 168 Å². The lowest BCUT2D eigenvalue weighted by atomic mass is 9.93. The Morgan fingerprint density at radius 2 is 1.79 bits per heavy atom. The summed E-state index contributed by atoms with van der Waals surface area (Å²) in [6.45, 7) is 6.50. The number of benzene rings is 1. The molecule has 6 heteroatoms. The van der Waals surface area contributed by atoms with Crippen LogP contribution in [0.1, 0.15) is 62.7 Å². The summed E-state index contributed by atoms with van der Waals surface area (Å²) in [5.74, 6) is 1.20. The maximum absolute atomic E-state index is 12.7. The number of piperidine rings is 1. The van der Waals surface area contributed by atoms with Crippen molar-refractivity contribution in [2.24, 2.45) is 0 Å². The van der Waals surface area contributed by atoms with Gasteiger partial charge in [0, 0.05) is 30.7 Å². The normalized spacial score (nSPS) is 24.2. The fourth-order valence-corrected chi connectivity index (χ4v) is 4.09. The van der Waals surface area contributed by atoms with Crippen molar-refractivity contribution >= 4 is 5.91 Å². The van der Waals surface area contributed by atoms with Crippen LogP contribution in [0.25, 0.3) is 0 Å². The number of hydrogen-bond donors (Lipinski definition) is 2. The first kappa shape index (κ1) is 20.9. The molecular formula is C22H34N2O4. The molecule has 1 amide bonds. The number of amides is 1. The van der Waals surface area contributed by atoms with Crippen LogP contribution in [0.3, 0.4) is 0 Å². The van der Waals surface area contributed by atoms with E-state index in [9.17, 15) is 9.90 Å². The van der Waals surface area contributed by atoms with Crippen LogP contribution in [-0.4, -0.2) is 60.4 Å². The molecule has 1 saturated carbocycles. The molecule has 0 unspecified atom stereocenters. The van der Waals surface area contributed by atoms with Gasteiger partial charge in [-0.15, -0.1) is 0 Å². The molecule has 1 aromatic rings. The Balaban J connectivity index is 1.62. The van der Waals surface area contributed by atoms with E-state index in [0.717, 1.165) is 51.6 Å². The second-order valence-electron chi connectivity index (χ2n) is 8.29. The van der Waals surface area contributed by atoms with E-state index in [1.807, 2.05) is 0 Å². The number of carbonyl (C=O) groups excluding carboxylic acids is 1. The van der Waals surface area contributed by atoms with Gasteiger partial charge in [0.25, 0.3) is 5.91 Å². The second-order valence-corrected chi connectivity index (χ2v) is 8.29. The highest BCUT2D eigenvalue weighted by atomic mass is 16.5. The molecule has 1 heterocycles. The van der Waals surface area contributed by atoms with Gasteiger partial charge in [0.15, 0.2) is 11.5 Å². The average Bonchev–Trinajstić information content (AvgIpc) is 2.70. The van der Waals surface area contributed by atoms with Crippen molar-refractivity contribution in [1.82, 2.24) is 10.2 Å². The molecule has 0 atom stereocenters. The van der Waals surface area contributed by atoms with Crippen LogP contribution in [0, 0.1) is 0 Å². The summed E-state index contributed by atoms with van der Waals surface area (Å²) >= 11 is 0. The molecule has 0 radical (unpaired) electrons. The average molecular weight is 391 g/mol. The summed E-state index contributed by atoms with van der Waals surface area (Å²) < 4.78 is 11.7. The number of hydrogen-bond acceptors (Lipinski definition) is 5. The molecule has 3 rings (SSSR count). The Hall–Kier alpha value is -1.79. The van der Waals surface area contributed by atoms with E-state index in [2.05, 4.69) is 24.1 Å². The van der Waals surface area contributed by atoms with E-state index in [-0.39, 0.29) is 24.2 Å². The van der Waals surface area contributed by atoms with Crippen LogP contribution in [-0.2, 0) is 0 Å². The van der Waals surface area contributed by atoms with Crippen LogP contribution in [0.4, 0.5) is 0 Å². The van der Waals surface area contributed by atoms with Crippen molar-refractivity contribution in [3.63, 3.8) is 0 Å². The summed E-state index contributed by atoms with van der Waals surface area (Å²) in [5, 5.41) is 12.7. The topological polar surface area (TPSA) is 71.0 Å². The van der Waals surface area contributed by atoms with Crippen molar-refractivity contribution in [1.29, 1.82) is 0 Å². The van der Waals surface area contributed by atoms with Gasteiger partial charge < -0.3 is 24.8 Å². The third kappa shape index (κ3) is 5.39. The fourth-order valence-electron chi connectivity index (χ4n) is 4.09. The molecule has 2 N–H and O–H groups in total. The van der Waals surface area contributed by atoms with Gasteiger partial charge in [0.1, 0.15) is 6.10 Å². The molecule has 6 nitrogen and oxygen atoms in total. The van der Waals surface area contributed by atoms with Crippen molar-refractivity contribution < 1.29 is 19.4 Å². The van der Waals surface area contributed by atoms with E-state index in [4.69, 9.17) is 9.47 Å². The van der Waals surface area contributed by atoms with Crippen LogP contribution in [0.5, 0.6) is 11.5 Å². The Morgan fingerprint density at radius 3 is 2.39 bits per heavy atom. The van der Waals surface area contributed by atoms with Crippen molar-refractivity contribution in [2.45, 2.75) is 76.7 Å². The highest BCUT2D eigenvalue weighted by molar-refractivity contribution is 5.95. The lowest BCUT2D eigenvalue weighted by molar-refractivity contribution is 0.0814. The second kappa shape index (κ2) is 9.61. The van der Waals surface area contributed by atoms with Gasteiger partial charge in [-0.05, 0) is 70.6 Å². The number of rotatable bonds is 6. The predicted octanol–water partition coefficient (Wildman–Crippen LogP) is 2.98. The molecule has 28 heavy (non-hydrogen) atoms. The summed E-state index contributed by atoms with van der Waals surface area (Å²) in [4.78, 5) is 15.1. The number of nitrogens with one attached hydrogen (secondary N) is 1. The lowest BCUT2D eigenvalue weighted by Crippen LogP contribution is -2.41. The highest BCUT2D eigenvalue weighted by Gasteiger charge is 2.24. The maximum Gasteiger partial charge on any atom is 0.251 e. The molecule has 0 bridgehead atoms. The number of methoxy groups -OCH3 is 1. The summed E-state index contributed by atoms with van der Waals surface area (Å²) in [5.41, 5.74) is 0.585. The molecule has 1 aromatic carbocycles. The largest absolute Gasteiger partial charge is 0.493 e. The van der Waals surface area contributed by atoms with E-state index in [1.165, 1.54) is 0 Å². The predicted molar refractivity (Wildman–Crippen MR) is 109 cm³/mol. The molecule has 0 spiro atoms. The Bertz CT molecular complexity index is 648. The monoisotopic (exact) mass is 390 g/mol. The zero-order chi connectivity index (χ0) is 20.1. The molecule has 2 fully saturated rings. The number of aliphatic hydroxyl groups excluding tert-OH is 1. The number of aliphatic hydroxyl groups is 1. The Morgan fingerprint density at radius 1 is 1.11 bits per heavy atom. The first-order chi connectivity index (χ1) is 13.5. The molecule has 2 aliphatic rings. The van der Waals surface area contributed by atoms with Gasteiger partial charge in [0.2, 0.25) is 0 Å². The quantitative estimate of drug-likeness (QED) is 0.781. The molecule has 1 saturated heterocycles. The minimum absolute atomic E-state index is 0.0940. The van der Waals surface area contributed by atoms with E-state index >= 15 is 0 Å². The lowest BCUT2D eigenvalue weighted by Gasteiger charge is -2.34. The molecule has 1 aliphatic carbocycles. The molecule has 1 aliphatic heterocycles. The SMILES string of the molecule is COc1ccc(C(=O)NC2CCC(O)CC2)cc1OC1CCN(C(C)C)CC1. The first-order valence-corrected chi connectivity index (χ1v) is 10.5. The third-order valence-electron chi connectivity index (χ3n) is 5.96. The van der Waals surface area contributed by atoms with Gasteiger partial charge >= 0.3 is 0 Å². The maximum atomic E-state index is 12.7. The Kier molecular flexibility index (Phi) is 7.18. The van der Waals surface area contributed by atoms with Crippen LogP contribution >= 0.6 is 0 Å². The molecule has 156 valence electrons. The van der Waals surface area contributed by atoms with E-state index in [1.54, 1.807) is 25.3 Å². The third-order valence-corrected chi connectivity index (χ3v) is 5.96.